The van der Waals surface area contributed by atoms with E-state index in [0.717, 1.165) is 16.3 Å². The summed E-state index contributed by atoms with van der Waals surface area (Å²) < 4.78 is 28.6. The number of nitrogens with zero attached hydrogens (tertiary/aromatic N) is 2. The van der Waals surface area contributed by atoms with Crippen LogP contribution in [-0.2, 0) is 32.6 Å². The van der Waals surface area contributed by atoms with Crippen LogP contribution in [-0.4, -0.2) is 43.8 Å². The molecule has 0 heterocycles. The third kappa shape index (κ3) is 7.14. The number of nitrogens with one attached hydrogen (secondary N) is 1. The number of hydrogen-bond donors (Lipinski definition) is 1. The van der Waals surface area contributed by atoms with Crippen molar-refractivity contribution in [3.8, 4) is 0 Å². The molecule has 1 N–H and O–H groups in total. The highest BCUT2D eigenvalue weighted by atomic mass is 35.5. The van der Waals surface area contributed by atoms with E-state index < -0.39 is 28.5 Å². The molecule has 1 atom stereocenters. The molecule has 3 aromatic carbocycles. The Morgan fingerprint density at radius 1 is 0.895 bits per heavy atom. The number of rotatable bonds is 11. The molecule has 0 fully saturated rings. The molecule has 0 spiro atoms. The summed E-state index contributed by atoms with van der Waals surface area (Å²) in [6, 6.07) is 21.1. The maximum atomic E-state index is 13.9. The Morgan fingerprint density at radius 2 is 1.50 bits per heavy atom. The van der Waals surface area contributed by atoms with Gasteiger partial charge in [-0.25, -0.2) is 8.42 Å². The fourth-order valence-corrected chi connectivity index (χ4v) is 5.57. The van der Waals surface area contributed by atoms with Crippen LogP contribution in [0.25, 0.3) is 0 Å². The van der Waals surface area contributed by atoms with Crippen molar-refractivity contribution in [3.63, 3.8) is 0 Å². The molecular weight excluding hydrogens is 522 g/mol. The summed E-state index contributed by atoms with van der Waals surface area (Å²) in [4.78, 5) is 28.3. The minimum atomic E-state index is -4.09. The molecule has 0 saturated heterocycles. The first kappa shape index (κ1) is 29.2. The van der Waals surface area contributed by atoms with Gasteiger partial charge in [-0.1, -0.05) is 67.1 Å². The summed E-state index contributed by atoms with van der Waals surface area (Å²) in [5, 5.41) is 3.28. The van der Waals surface area contributed by atoms with Gasteiger partial charge >= 0.3 is 0 Å². The van der Waals surface area contributed by atoms with Gasteiger partial charge in [-0.2, -0.15) is 0 Å². The largest absolute Gasteiger partial charge is 0.352 e. The number of halogens is 1. The molecule has 0 saturated carbocycles. The van der Waals surface area contributed by atoms with Gasteiger partial charge in [-0.3, -0.25) is 13.9 Å². The maximum Gasteiger partial charge on any atom is 0.264 e. The second-order valence-corrected chi connectivity index (χ2v) is 11.6. The summed E-state index contributed by atoms with van der Waals surface area (Å²) in [7, 11) is -4.09. The Bertz CT molecular complexity index is 1350. The van der Waals surface area contributed by atoms with Gasteiger partial charge in [0.15, 0.2) is 0 Å². The zero-order chi connectivity index (χ0) is 27.9. The number of amides is 2. The van der Waals surface area contributed by atoms with Crippen molar-refractivity contribution in [2.75, 3.05) is 10.8 Å². The van der Waals surface area contributed by atoms with Crippen LogP contribution in [0.4, 0.5) is 5.69 Å². The quantitative estimate of drug-likeness (QED) is 0.359. The summed E-state index contributed by atoms with van der Waals surface area (Å²) in [6.07, 6.45) is 0.790. The van der Waals surface area contributed by atoms with E-state index in [1.54, 1.807) is 61.5 Å². The molecule has 0 bridgehead atoms. The monoisotopic (exact) mass is 555 g/mol. The third-order valence-electron chi connectivity index (χ3n) is 6.14. The normalized spacial score (nSPS) is 12.2. The second-order valence-electron chi connectivity index (χ2n) is 9.30. The molecule has 2 amide bonds. The molecular formula is C29H34ClN3O4S. The molecule has 202 valence electrons. The van der Waals surface area contributed by atoms with Crippen LogP contribution in [0.3, 0.4) is 0 Å². The van der Waals surface area contributed by atoms with Crippen molar-refractivity contribution in [2.24, 2.45) is 0 Å². The number of carbonyl (C=O) groups excluding carboxylic acids is 2. The minimum Gasteiger partial charge on any atom is -0.352 e. The van der Waals surface area contributed by atoms with Crippen LogP contribution in [0.1, 0.15) is 38.8 Å². The van der Waals surface area contributed by atoms with Crippen LogP contribution < -0.4 is 9.62 Å². The summed E-state index contributed by atoms with van der Waals surface area (Å²) in [5.41, 5.74) is 2.05. The molecule has 0 aliphatic carbocycles. The van der Waals surface area contributed by atoms with Gasteiger partial charge in [-0.05, 0) is 68.7 Å². The van der Waals surface area contributed by atoms with Crippen molar-refractivity contribution < 1.29 is 18.0 Å². The maximum absolute atomic E-state index is 13.9. The average molecular weight is 556 g/mol. The van der Waals surface area contributed by atoms with Crippen molar-refractivity contribution in [3.05, 3.63) is 95.0 Å². The molecule has 0 aromatic heterocycles. The first-order valence-electron chi connectivity index (χ1n) is 12.5. The molecule has 0 radical (unpaired) electrons. The van der Waals surface area contributed by atoms with Gasteiger partial charge in [0.1, 0.15) is 12.6 Å². The van der Waals surface area contributed by atoms with E-state index in [0.29, 0.717) is 16.3 Å². The van der Waals surface area contributed by atoms with E-state index >= 15 is 0 Å². The van der Waals surface area contributed by atoms with Gasteiger partial charge in [0.25, 0.3) is 10.0 Å². The van der Waals surface area contributed by atoms with Crippen LogP contribution in [0, 0.1) is 0 Å². The van der Waals surface area contributed by atoms with Gasteiger partial charge in [0.2, 0.25) is 11.8 Å². The van der Waals surface area contributed by atoms with Gasteiger partial charge in [-0.15, -0.1) is 0 Å². The molecule has 3 aromatic rings. The number of sulfonamides is 1. The first-order chi connectivity index (χ1) is 18.0. The zero-order valence-electron chi connectivity index (χ0n) is 22.1. The fourth-order valence-electron chi connectivity index (χ4n) is 3.94. The molecule has 38 heavy (non-hydrogen) atoms. The highest BCUT2D eigenvalue weighted by Crippen LogP contribution is 2.26. The fraction of sp³-hybridized carbons (Fsp3) is 0.310. The van der Waals surface area contributed by atoms with E-state index in [4.69, 9.17) is 11.6 Å². The van der Waals surface area contributed by atoms with Crippen molar-refractivity contribution >= 4 is 39.1 Å². The Balaban J connectivity index is 2.03. The Morgan fingerprint density at radius 3 is 2.08 bits per heavy atom. The predicted molar refractivity (Wildman–Crippen MR) is 152 cm³/mol. The zero-order valence-corrected chi connectivity index (χ0v) is 23.7. The molecule has 3 rings (SSSR count). The number of hydrogen-bond acceptors (Lipinski definition) is 4. The van der Waals surface area contributed by atoms with Gasteiger partial charge in [0.05, 0.1) is 10.6 Å². The number of carbonyl (C=O) groups is 2. The van der Waals surface area contributed by atoms with E-state index in [-0.39, 0.29) is 23.4 Å². The van der Waals surface area contributed by atoms with Crippen LogP contribution in [0.5, 0.6) is 0 Å². The Labute approximate surface area is 230 Å². The molecule has 7 nitrogen and oxygen atoms in total. The van der Waals surface area contributed by atoms with Crippen LogP contribution in [0.15, 0.2) is 83.8 Å². The lowest BCUT2D eigenvalue weighted by Gasteiger charge is -2.32. The highest BCUT2D eigenvalue weighted by molar-refractivity contribution is 7.92. The van der Waals surface area contributed by atoms with Crippen LogP contribution >= 0.6 is 11.6 Å². The van der Waals surface area contributed by atoms with E-state index in [2.05, 4.69) is 5.32 Å². The minimum absolute atomic E-state index is 0.0409. The highest BCUT2D eigenvalue weighted by Gasteiger charge is 2.32. The average Bonchev–Trinajstić information content (AvgIpc) is 2.91. The summed E-state index contributed by atoms with van der Waals surface area (Å²) >= 11 is 6.38. The molecule has 0 aliphatic heterocycles. The lowest BCUT2D eigenvalue weighted by atomic mass is 10.1. The summed E-state index contributed by atoms with van der Waals surface area (Å²) in [6.45, 7) is 6.84. The number of benzene rings is 3. The molecule has 0 aliphatic rings. The SMILES string of the molecule is CCc1ccc(N(CC(=O)N(Cc2ccccc2Cl)[C@H](C)C(=O)NC(C)C)S(=O)(=O)c2ccccc2)cc1. The van der Waals surface area contributed by atoms with Crippen molar-refractivity contribution in [2.45, 2.75) is 57.6 Å². The van der Waals surface area contributed by atoms with Gasteiger partial charge in [0, 0.05) is 17.6 Å². The molecule has 0 unspecified atom stereocenters. The second kappa shape index (κ2) is 12.9. The predicted octanol–water partition coefficient (Wildman–Crippen LogP) is 5.04. The smallest absolute Gasteiger partial charge is 0.264 e. The van der Waals surface area contributed by atoms with E-state index in [1.165, 1.54) is 17.0 Å². The third-order valence-corrected chi connectivity index (χ3v) is 8.30. The van der Waals surface area contributed by atoms with Gasteiger partial charge < -0.3 is 10.2 Å². The van der Waals surface area contributed by atoms with E-state index in [1.807, 2.05) is 32.9 Å². The van der Waals surface area contributed by atoms with E-state index in [9.17, 15) is 18.0 Å². The standard InChI is InChI=1S/C29H34ClN3O4S/c1-5-23-15-17-25(18-16-23)33(38(36,37)26-12-7-6-8-13-26)20-28(34)32(22(4)29(35)31-21(2)3)19-24-11-9-10-14-27(24)30/h6-18,21-22H,5,19-20H2,1-4H3,(H,31,35)/t22-/m1/s1. The molecule has 9 heteroatoms. The first-order valence-corrected chi connectivity index (χ1v) is 14.4. The topological polar surface area (TPSA) is 86.8 Å². The number of anilines is 1. The number of aryl methyl sites for hydroxylation is 1. The lowest BCUT2D eigenvalue weighted by molar-refractivity contribution is -0.139. The summed E-state index contributed by atoms with van der Waals surface area (Å²) in [5.74, 6) is -0.874. The van der Waals surface area contributed by atoms with Crippen LogP contribution in [0.2, 0.25) is 5.02 Å². The Hall–Kier alpha value is -3.36. The Kier molecular flexibility index (Phi) is 9.94. The lowest BCUT2D eigenvalue weighted by Crippen LogP contribution is -2.52. The van der Waals surface area contributed by atoms with Crippen molar-refractivity contribution in [1.82, 2.24) is 10.2 Å². The van der Waals surface area contributed by atoms with Crippen molar-refractivity contribution in [1.29, 1.82) is 0 Å².